The first-order valence-electron chi connectivity index (χ1n) is 4.71. The summed E-state index contributed by atoms with van der Waals surface area (Å²) < 4.78 is 1.21. The van der Waals surface area contributed by atoms with Crippen molar-refractivity contribution in [2.75, 3.05) is 13.1 Å². The lowest BCUT2D eigenvalue weighted by Crippen LogP contribution is -2.43. The van der Waals surface area contributed by atoms with E-state index >= 15 is 0 Å². The SMILES string of the molecule is Cc1cc(CC2CNC2)ccc1Br.Cl. The molecule has 1 aromatic carbocycles. The maximum Gasteiger partial charge on any atom is 0.0204 e. The molecule has 1 aliphatic rings. The number of hydrogen-bond donors (Lipinski definition) is 1. The van der Waals surface area contributed by atoms with Crippen LogP contribution in [0.2, 0.25) is 0 Å². The van der Waals surface area contributed by atoms with Crippen molar-refractivity contribution in [3.05, 3.63) is 33.8 Å². The summed E-state index contributed by atoms with van der Waals surface area (Å²) >= 11 is 3.51. The highest BCUT2D eigenvalue weighted by Crippen LogP contribution is 2.20. The minimum absolute atomic E-state index is 0. The Kier molecular flexibility index (Phi) is 4.42. The van der Waals surface area contributed by atoms with Crippen LogP contribution in [-0.2, 0) is 6.42 Å². The van der Waals surface area contributed by atoms with E-state index in [2.05, 4.69) is 46.4 Å². The Hall–Kier alpha value is -0.0500. The van der Waals surface area contributed by atoms with E-state index in [9.17, 15) is 0 Å². The molecule has 1 aromatic rings. The van der Waals surface area contributed by atoms with Gasteiger partial charge in [0.15, 0.2) is 0 Å². The van der Waals surface area contributed by atoms with Crippen LogP contribution in [0.15, 0.2) is 22.7 Å². The van der Waals surface area contributed by atoms with Crippen LogP contribution in [0.25, 0.3) is 0 Å². The lowest BCUT2D eigenvalue weighted by molar-refractivity contribution is 0.346. The summed E-state index contributed by atoms with van der Waals surface area (Å²) in [5.41, 5.74) is 2.80. The predicted octanol–water partition coefficient (Wildman–Crippen LogP) is 2.94. The summed E-state index contributed by atoms with van der Waals surface area (Å²) in [6, 6.07) is 6.65. The number of rotatable bonds is 2. The summed E-state index contributed by atoms with van der Waals surface area (Å²) in [6.07, 6.45) is 1.22. The lowest BCUT2D eigenvalue weighted by atomic mass is 9.94. The first-order valence-corrected chi connectivity index (χ1v) is 5.51. The molecule has 1 N–H and O–H groups in total. The van der Waals surface area contributed by atoms with E-state index < -0.39 is 0 Å². The van der Waals surface area contributed by atoms with Crippen molar-refractivity contribution in [2.45, 2.75) is 13.3 Å². The molecular formula is C11H15BrClN. The van der Waals surface area contributed by atoms with Crippen LogP contribution >= 0.6 is 28.3 Å². The third-order valence-electron chi connectivity index (χ3n) is 2.61. The van der Waals surface area contributed by atoms with Crippen LogP contribution in [0.5, 0.6) is 0 Å². The second-order valence-electron chi connectivity index (χ2n) is 3.81. The van der Waals surface area contributed by atoms with Gasteiger partial charge in [-0.05, 0) is 49.5 Å². The second kappa shape index (κ2) is 5.15. The van der Waals surface area contributed by atoms with Gasteiger partial charge in [-0.25, -0.2) is 0 Å². The second-order valence-corrected chi connectivity index (χ2v) is 4.67. The van der Waals surface area contributed by atoms with Crippen molar-refractivity contribution < 1.29 is 0 Å². The average Bonchev–Trinajstić information content (AvgIpc) is 2.04. The van der Waals surface area contributed by atoms with Gasteiger partial charge in [-0.3, -0.25) is 0 Å². The molecule has 14 heavy (non-hydrogen) atoms. The van der Waals surface area contributed by atoms with Gasteiger partial charge < -0.3 is 5.32 Å². The van der Waals surface area contributed by atoms with Crippen molar-refractivity contribution in [3.63, 3.8) is 0 Å². The Morgan fingerprint density at radius 3 is 2.64 bits per heavy atom. The molecule has 0 atom stereocenters. The number of hydrogen-bond acceptors (Lipinski definition) is 1. The van der Waals surface area contributed by atoms with Crippen LogP contribution in [0.1, 0.15) is 11.1 Å². The molecule has 0 unspecified atom stereocenters. The highest BCUT2D eigenvalue weighted by molar-refractivity contribution is 9.10. The van der Waals surface area contributed by atoms with E-state index in [1.165, 1.54) is 35.1 Å². The fraction of sp³-hybridized carbons (Fsp3) is 0.455. The van der Waals surface area contributed by atoms with Gasteiger partial charge in [0.1, 0.15) is 0 Å². The number of halogens is 2. The van der Waals surface area contributed by atoms with E-state index in [1.807, 2.05) is 0 Å². The van der Waals surface area contributed by atoms with E-state index in [-0.39, 0.29) is 12.4 Å². The summed E-state index contributed by atoms with van der Waals surface area (Å²) in [4.78, 5) is 0. The van der Waals surface area contributed by atoms with Crippen LogP contribution in [0.3, 0.4) is 0 Å². The third-order valence-corrected chi connectivity index (χ3v) is 3.50. The minimum Gasteiger partial charge on any atom is -0.316 e. The molecule has 1 aliphatic heterocycles. The highest BCUT2D eigenvalue weighted by atomic mass is 79.9. The largest absolute Gasteiger partial charge is 0.316 e. The first-order chi connectivity index (χ1) is 6.25. The van der Waals surface area contributed by atoms with E-state index in [4.69, 9.17) is 0 Å². The molecule has 0 aromatic heterocycles. The molecule has 0 aliphatic carbocycles. The highest BCUT2D eigenvalue weighted by Gasteiger charge is 2.16. The predicted molar refractivity (Wildman–Crippen MR) is 66.2 cm³/mol. The smallest absolute Gasteiger partial charge is 0.0204 e. The van der Waals surface area contributed by atoms with Crippen molar-refractivity contribution in [1.82, 2.24) is 5.32 Å². The zero-order valence-electron chi connectivity index (χ0n) is 8.22. The fourth-order valence-electron chi connectivity index (χ4n) is 1.66. The molecule has 0 radical (unpaired) electrons. The zero-order chi connectivity index (χ0) is 9.26. The molecule has 1 fully saturated rings. The summed E-state index contributed by atoms with van der Waals surface area (Å²) in [5, 5.41) is 3.30. The lowest BCUT2D eigenvalue weighted by Gasteiger charge is -2.27. The molecule has 1 heterocycles. The minimum atomic E-state index is 0. The van der Waals surface area contributed by atoms with E-state index in [0.29, 0.717) is 0 Å². The average molecular weight is 277 g/mol. The van der Waals surface area contributed by atoms with Crippen molar-refractivity contribution >= 4 is 28.3 Å². The summed E-state index contributed by atoms with van der Waals surface area (Å²) in [6.45, 7) is 4.52. The molecule has 0 saturated carbocycles. The molecule has 0 bridgehead atoms. The molecule has 78 valence electrons. The van der Waals surface area contributed by atoms with Gasteiger partial charge in [-0.15, -0.1) is 12.4 Å². The Labute approximate surface area is 99.8 Å². The van der Waals surface area contributed by atoms with Gasteiger partial charge in [0, 0.05) is 4.47 Å². The Morgan fingerprint density at radius 2 is 2.14 bits per heavy atom. The molecule has 2 rings (SSSR count). The van der Waals surface area contributed by atoms with Crippen LogP contribution in [-0.4, -0.2) is 13.1 Å². The van der Waals surface area contributed by atoms with Crippen molar-refractivity contribution in [2.24, 2.45) is 5.92 Å². The normalized spacial score (nSPS) is 15.9. The Morgan fingerprint density at radius 1 is 1.43 bits per heavy atom. The first kappa shape index (κ1) is 12.0. The topological polar surface area (TPSA) is 12.0 Å². The Bertz CT molecular complexity index is 310. The Balaban J connectivity index is 0.000000980. The molecule has 1 nitrogen and oxygen atoms in total. The standard InChI is InChI=1S/C11H14BrN.ClH/c1-8-4-9(2-3-11(8)12)5-10-6-13-7-10;/h2-4,10,13H,5-7H2,1H3;1H. The summed E-state index contributed by atoms with van der Waals surface area (Å²) in [5.74, 6) is 0.862. The number of nitrogens with one attached hydrogen (secondary N) is 1. The molecule has 3 heteroatoms. The van der Waals surface area contributed by atoms with Crippen molar-refractivity contribution in [1.29, 1.82) is 0 Å². The van der Waals surface area contributed by atoms with Gasteiger partial charge in [0.25, 0.3) is 0 Å². The van der Waals surface area contributed by atoms with Crippen LogP contribution in [0.4, 0.5) is 0 Å². The molecule has 0 amide bonds. The van der Waals surface area contributed by atoms with E-state index in [0.717, 1.165) is 5.92 Å². The van der Waals surface area contributed by atoms with E-state index in [1.54, 1.807) is 0 Å². The van der Waals surface area contributed by atoms with Crippen molar-refractivity contribution in [3.8, 4) is 0 Å². The fourth-order valence-corrected chi connectivity index (χ4v) is 1.91. The maximum atomic E-state index is 3.51. The van der Waals surface area contributed by atoms with Gasteiger partial charge in [0.05, 0.1) is 0 Å². The van der Waals surface area contributed by atoms with Gasteiger partial charge in [-0.1, -0.05) is 28.1 Å². The van der Waals surface area contributed by atoms with Gasteiger partial charge >= 0.3 is 0 Å². The quantitative estimate of drug-likeness (QED) is 0.876. The maximum absolute atomic E-state index is 3.51. The van der Waals surface area contributed by atoms with Gasteiger partial charge in [-0.2, -0.15) is 0 Å². The molecule has 1 saturated heterocycles. The third kappa shape index (κ3) is 2.72. The van der Waals surface area contributed by atoms with Gasteiger partial charge in [0.2, 0.25) is 0 Å². The van der Waals surface area contributed by atoms with Crippen LogP contribution in [0, 0.1) is 12.8 Å². The van der Waals surface area contributed by atoms with Crippen LogP contribution < -0.4 is 5.32 Å². The monoisotopic (exact) mass is 275 g/mol. The number of benzene rings is 1. The number of aryl methyl sites for hydroxylation is 1. The molecular weight excluding hydrogens is 261 g/mol. The zero-order valence-corrected chi connectivity index (χ0v) is 10.6. The molecule has 0 spiro atoms. The summed E-state index contributed by atoms with van der Waals surface area (Å²) in [7, 11) is 0.